The summed E-state index contributed by atoms with van der Waals surface area (Å²) < 4.78 is 5.18. The first-order valence-corrected chi connectivity index (χ1v) is 6.38. The first kappa shape index (κ1) is 14.1. The van der Waals surface area contributed by atoms with Gasteiger partial charge < -0.3 is 15.2 Å². The maximum Gasteiger partial charge on any atom is 0.243 e. The molecule has 1 aromatic heterocycles. The quantitative estimate of drug-likeness (QED) is 0.784. The van der Waals surface area contributed by atoms with Gasteiger partial charge in [-0.3, -0.25) is 0 Å². The highest BCUT2D eigenvalue weighted by molar-refractivity contribution is 4.93. The van der Waals surface area contributed by atoms with Gasteiger partial charge in [-0.05, 0) is 19.0 Å². The summed E-state index contributed by atoms with van der Waals surface area (Å²) in [5.74, 6) is 1.61. The Morgan fingerprint density at radius 2 is 1.94 bits per heavy atom. The van der Waals surface area contributed by atoms with Gasteiger partial charge in [0.25, 0.3) is 0 Å². The van der Waals surface area contributed by atoms with Crippen molar-refractivity contribution >= 4 is 0 Å². The zero-order chi connectivity index (χ0) is 12.8. The third-order valence-corrected chi connectivity index (χ3v) is 3.03. The Labute approximate surface area is 103 Å². The van der Waals surface area contributed by atoms with E-state index >= 15 is 0 Å². The second kappa shape index (κ2) is 6.71. The first-order valence-electron chi connectivity index (χ1n) is 6.38. The van der Waals surface area contributed by atoms with E-state index in [2.05, 4.69) is 28.9 Å². The molecule has 0 aliphatic carbocycles. The van der Waals surface area contributed by atoms with E-state index in [1.54, 1.807) is 0 Å². The predicted octanol–water partition coefficient (Wildman–Crippen LogP) is 1.61. The summed E-state index contributed by atoms with van der Waals surface area (Å²) in [6.07, 6.45) is 0.815. The average Bonchev–Trinajstić information content (AvgIpc) is 2.78. The molecule has 0 aliphatic rings. The maximum absolute atomic E-state index is 5.95. The number of hydrogen-bond donors (Lipinski definition) is 1. The highest BCUT2D eigenvalue weighted by Gasteiger charge is 2.17. The van der Waals surface area contributed by atoms with Crippen LogP contribution in [0.4, 0.5) is 0 Å². The monoisotopic (exact) mass is 240 g/mol. The van der Waals surface area contributed by atoms with Crippen molar-refractivity contribution in [2.75, 3.05) is 19.6 Å². The molecule has 5 heteroatoms. The summed E-state index contributed by atoms with van der Waals surface area (Å²) >= 11 is 0. The highest BCUT2D eigenvalue weighted by Crippen LogP contribution is 2.16. The molecular formula is C12H24N4O. The van der Waals surface area contributed by atoms with Crippen LogP contribution >= 0.6 is 0 Å². The van der Waals surface area contributed by atoms with Gasteiger partial charge in [0, 0.05) is 13.0 Å². The topological polar surface area (TPSA) is 68.2 Å². The van der Waals surface area contributed by atoms with Gasteiger partial charge in [0.1, 0.15) is 0 Å². The third-order valence-electron chi connectivity index (χ3n) is 3.03. The van der Waals surface area contributed by atoms with Crippen LogP contribution in [-0.4, -0.2) is 34.7 Å². The first-order chi connectivity index (χ1) is 8.08. The molecule has 0 radical (unpaired) electrons. The highest BCUT2D eigenvalue weighted by atomic mass is 16.5. The lowest BCUT2D eigenvalue weighted by Crippen LogP contribution is -2.25. The van der Waals surface area contributed by atoms with Gasteiger partial charge in [-0.25, -0.2) is 0 Å². The Morgan fingerprint density at radius 1 is 1.29 bits per heavy atom. The van der Waals surface area contributed by atoms with E-state index in [-0.39, 0.29) is 6.04 Å². The van der Waals surface area contributed by atoms with Crippen molar-refractivity contribution in [3.05, 3.63) is 11.7 Å². The lowest BCUT2D eigenvalue weighted by molar-refractivity contribution is 0.300. The molecule has 0 saturated heterocycles. The van der Waals surface area contributed by atoms with Crippen LogP contribution in [-0.2, 0) is 6.42 Å². The van der Waals surface area contributed by atoms with Crippen LogP contribution in [0, 0.1) is 5.92 Å². The van der Waals surface area contributed by atoms with Gasteiger partial charge in [-0.1, -0.05) is 32.9 Å². The fourth-order valence-electron chi connectivity index (χ4n) is 1.59. The van der Waals surface area contributed by atoms with E-state index in [0.29, 0.717) is 11.8 Å². The maximum atomic E-state index is 5.95. The number of nitrogens with two attached hydrogens (primary N) is 1. The molecule has 2 N–H and O–H groups in total. The van der Waals surface area contributed by atoms with E-state index in [1.807, 2.05) is 13.8 Å². The van der Waals surface area contributed by atoms with Gasteiger partial charge in [0.15, 0.2) is 5.82 Å². The molecule has 5 nitrogen and oxygen atoms in total. The standard InChI is InChI=1S/C12H24N4O/c1-5-16(6-2)8-7-10-14-12(17-15-10)11(13)9(3)4/h9,11H,5-8,13H2,1-4H3/t11-/m0/s1. The summed E-state index contributed by atoms with van der Waals surface area (Å²) in [5, 5.41) is 3.97. The van der Waals surface area contributed by atoms with Crippen LogP contribution in [0.25, 0.3) is 0 Å². The second-order valence-corrected chi connectivity index (χ2v) is 4.60. The molecular weight excluding hydrogens is 216 g/mol. The summed E-state index contributed by atoms with van der Waals surface area (Å²) in [7, 11) is 0. The van der Waals surface area contributed by atoms with Crippen LogP contribution in [0.5, 0.6) is 0 Å². The molecule has 0 aromatic carbocycles. The molecule has 98 valence electrons. The predicted molar refractivity (Wildman–Crippen MR) is 67.6 cm³/mol. The van der Waals surface area contributed by atoms with Crippen molar-refractivity contribution in [3.63, 3.8) is 0 Å². The lowest BCUT2D eigenvalue weighted by Gasteiger charge is -2.16. The number of hydrogen-bond acceptors (Lipinski definition) is 5. The van der Waals surface area contributed by atoms with Crippen molar-refractivity contribution in [3.8, 4) is 0 Å². The van der Waals surface area contributed by atoms with E-state index in [9.17, 15) is 0 Å². The van der Waals surface area contributed by atoms with Crippen molar-refractivity contribution in [2.45, 2.75) is 40.2 Å². The molecule has 0 spiro atoms. The van der Waals surface area contributed by atoms with Gasteiger partial charge in [-0.2, -0.15) is 4.98 Å². The summed E-state index contributed by atoms with van der Waals surface area (Å²) in [5.41, 5.74) is 5.95. The van der Waals surface area contributed by atoms with E-state index < -0.39 is 0 Å². The van der Waals surface area contributed by atoms with Gasteiger partial charge in [0.2, 0.25) is 5.89 Å². The van der Waals surface area contributed by atoms with E-state index in [1.165, 1.54) is 0 Å². The molecule has 0 fully saturated rings. The minimum Gasteiger partial charge on any atom is -0.338 e. The smallest absolute Gasteiger partial charge is 0.243 e. The largest absolute Gasteiger partial charge is 0.338 e. The fourth-order valence-corrected chi connectivity index (χ4v) is 1.59. The van der Waals surface area contributed by atoms with Crippen molar-refractivity contribution in [1.82, 2.24) is 15.0 Å². The average molecular weight is 240 g/mol. The van der Waals surface area contributed by atoms with Crippen LogP contribution in [0.2, 0.25) is 0 Å². The molecule has 1 heterocycles. The number of rotatable bonds is 7. The molecule has 1 aromatic rings. The third kappa shape index (κ3) is 4.09. The second-order valence-electron chi connectivity index (χ2n) is 4.60. The normalized spacial score (nSPS) is 13.6. The van der Waals surface area contributed by atoms with Gasteiger partial charge >= 0.3 is 0 Å². The Kier molecular flexibility index (Phi) is 5.58. The number of aromatic nitrogens is 2. The summed E-state index contributed by atoms with van der Waals surface area (Å²) in [6, 6.07) is -0.162. The van der Waals surface area contributed by atoms with E-state index in [4.69, 9.17) is 10.3 Å². The van der Waals surface area contributed by atoms with Crippen LogP contribution in [0.1, 0.15) is 45.5 Å². The fraction of sp³-hybridized carbons (Fsp3) is 0.833. The van der Waals surface area contributed by atoms with Crippen LogP contribution in [0.15, 0.2) is 4.52 Å². The minimum absolute atomic E-state index is 0.162. The molecule has 1 rings (SSSR count). The molecule has 1 atom stereocenters. The Morgan fingerprint density at radius 3 is 2.47 bits per heavy atom. The molecule has 0 aliphatic heterocycles. The van der Waals surface area contributed by atoms with Crippen molar-refractivity contribution < 1.29 is 4.52 Å². The number of likely N-dealkylation sites (N-methyl/N-ethyl adjacent to an activating group) is 1. The van der Waals surface area contributed by atoms with Crippen LogP contribution in [0.3, 0.4) is 0 Å². The zero-order valence-corrected chi connectivity index (χ0v) is 11.3. The minimum atomic E-state index is -0.162. The SMILES string of the molecule is CCN(CC)CCc1noc([C@@H](N)C(C)C)n1. The zero-order valence-electron chi connectivity index (χ0n) is 11.3. The Bertz CT molecular complexity index is 320. The summed E-state index contributed by atoms with van der Waals surface area (Å²) in [4.78, 5) is 6.67. The molecule has 0 unspecified atom stereocenters. The van der Waals surface area contributed by atoms with Gasteiger partial charge in [-0.15, -0.1) is 0 Å². The number of nitrogens with zero attached hydrogens (tertiary/aromatic N) is 3. The Hall–Kier alpha value is -0.940. The van der Waals surface area contributed by atoms with Crippen molar-refractivity contribution in [1.29, 1.82) is 0 Å². The van der Waals surface area contributed by atoms with E-state index in [0.717, 1.165) is 31.9 Å². The molecule has 0 amide bonds. The Balaban J connectivity index is 2.51. The van der Waals surface area contributed by atoms with Crippen LogP contribution < -0.4 is 5.73 Å². The lowest BCUT2D eigenvalue weighted by atomic mass is 10.1. The molecule has 0 bridgehead atoms. The molecule has 0 saturated carbocycles. The van der Waals surface area contributed by atoms with Crippen molar-refractivity contribution in [2.24, 2.45) is 11.7 Å². The van der Waals surface area contributed by atoms with Gasteiger partial charge in [0.05, 0.1) is 6.04 Å². The molecule has 17 heavy (non-hydrogen) atoms. The summed E-state index contributed by atoms with van der Waals surface area (Å²) in [6.45, 7) is 11.5.